The summed E-state index contributed by atoms with van der Waals surface area (Å²) in [5.74, 6) is -1.61. The molecule has 5 nitrogen and oxygen atoms in total. The summed E-state index contributed by atoms with van der Waals surface area (Å²) < 4.78 is 13.3. The van der Waals surface area contributed by atoms with Crippen LogP contribution in [0.3, 0.4) is 0 Å². The van der Waals surface area contributed by atoms with Crippen LogP contribution in [0.1, 0.15) is 19.3 Å². The Kier molecular flexibility index (Phi) is 4.19. The van der Waals surface area contributed by atoms with E-state index in [4.69, 9.17) is 16.7 Å². The number of aliphatic carboxylic acids is 1. The smallest absolute Gasteiger partial charge is 0.329 e. The Hall–Kier alpha value is -1.34. The van der Waals surface area contributed by atoms with Gasteiger partial charge in [-0.3, -0.25) is 0 Å². The number of carboxylic acid groups (broad SMARTS) is 1. The zero-order chi connectivity index (χ0) is 14.9. The molecule has 108 valence electrons. The van der Waals surface area contributed by atoms with E-state index in [0.717, 1.165) is 18.6 Å². The highest BCUT2D eigenvalue weighted by Crippen LogP contribution is 2.34. The quantitative estimate of drug-likeness (QED) is 0.768. The molecule has 0 spiro atoms. The highest BCUT2D eigenvalue weighted by atomic mass is 79.9. The van der Waals surface area contributed by atoms with Gasteiger partial charge in [0, 0.05) is 4.47 Å². The van der Waals surface area contributed by atoms with Gasteiger partial charge >= 0.3 is 12.0 Å². The van der Waals surface area contributed by atoms with Gasteiger partial charge in [0.2, 0.25) is 0 Å². The average Bonchev–Trinajstić information content (AvgIpc) is 2.28. The topological polar surface area (TPSA) is 78.4 Å². The normalized spacial score (nSPS) is 16.1. The fourth-order valence-corrected chi connectivity index (χ4v) is 2.85. The predicted octanol–water partition coefficient (Wildman–Crippen LogP) is 3.37. The molecule has 0 bridgehead atoms. The lowest BCUT2D eigenvalue weighted by Crippen LogP contribution is -2.60. The number of anilines is 1. The lowest BCUT2D eigenvalue weighted by Gasteiger charge is -2.38. The molecule has 1 aromatic carbocycles. The molecule has 0 unspecified atom stereocenters. The van der Waals surface area contributed by atoms with E-state index < -0.39 is 23.4 Å². The Morgan fingerprint density at radius 1 is 1.40 bits per heavy atom. The molecule has 1 saturated carbocycles. The third-order valence-corrected chi connectivity index (χ3v) is 4.14. The minimum Gasteiger partial charge on any atom is -0.480 e. The van der Waals surface area contributed by atoms with E-state index in [9.17, 15) is 14.0 Å². The second-order valence-electron chi connectivity index (χ2n) is 4.56. The number of carbonyl (C=O) groups is 2. The zero-order valence-electron chi connectivity index (χ0n) is 10.2. The second-order valence-corrected chi connectivity index (χ2v) is 5.83. The Labute approximate surface area is 127 Å². The van der Waals surface area contributed by atoms with Crippen LogP contribution in [0.2, 0.25) is 5.02 Å². The van der Waals surface area contributed by atoms with Crippen molar-refractivity contribution in [3.8, 4) is 0 Å². The molecule has 0 atom stereocenters. The van der Waals surface area contributed by atoms with Gasteiger partial charge in [-0.1, -0.05) is 11.6 Å². The molecule has 0 aromatic heterocycles. The van der Waals surface area contributed by atoms with Crippen LogP contribution < -0.4 is 10.6 Å². The molecule has 2 amide bonds. The maximum Gasteiger partial charge on any atom is 0.329 e. The molecule has 0 heterocycles. The molecule has 1 aliphatic rings. The number of hydrogen-bond donors (Lipinski definition) is 3. The first-order valence-electron chi connectivity index (χ1n) is 5.81. The van der Waals surface area contributed by atoms with E-state index in [0.29, 0.717) is 12.8 Å². The van der Waals surface area contributed by atoms with Gasteiger partial charge in [0.1, 0.15) is 11.4 Å². The fraction of sp³-hybridized carbons (Fsp3) is 0.333. The van der Waals surface area contributed by atoms with Crippen molar-refractivity contribution < 1.29 is 19.1 Å². The lowest BCUT2D eigenvalue weighted by molar-refractivity contribution is -0.148. The second kappa shape index (κ2) is 5.57. The molecule has 1 fully saturated rings. The van der Waals surface area contributed by atoms with E-state index in [-0.39, 0.29) is 15.2 Å². The number of halogens is 3. The molecule has 2 rings (SSSR count). The van der Waals surface area contributed by atoms with Crippen LogP contribution in [-0.4, -0.2) is 22.6 Å². The number of carboxylic acids is 1. The molecule has 0 aliphatic heterocycles. The fourth-order valence-electron chi connectivity index (χ4n) is 1.95. The van der Waals surface area contributed by atoms with E-state index in [2.05, 4.69) is 26.6 Å². The van der Waals surface area contributed by atoms with Gasteiger partial charge in [-0.2, -0.15) is 0 Å². The van der Waals surface area contributed by atoms with Crippen molar-refractivity contribution in [3.05, 3.63) is 27.4 Å². The molecule has 20 heavy (non-hydrogen) atoms. The Morgan fingerprint density at radius 3 is 2.50 bits per heavy atom. The van der Waals surface area contributed by atoms with Crippen LogP contribution in [0.4, 0.5) is 14.9 Å². The first-order valence-corrected chi connectivity index (χ1v) is 6.98. The van der Waals surface area contributed by atoms with Gasteiger partial charge in [-0.25, -0.2) is 14.0 Å². The molecular weight excluding hydrogens is 354 g/mol. The van der Waals surface area contributed by atoms with Crippen molar-refractivity contribution >= 4 is 45.2 Å². The Balaban J connectivity index is 2.11. The first-order chi connectivity index (χ1) is 9.34. The number of rotatable bonds is 3. The number of nitrogens with one attached hydrogen (secondary N) is 2. The largest absolute Gasteiger partial charge is 0.480 e. The third-order valence-electron chi connectivity index (χ3n) is 3.21. The van der Waals surface area contributed by atoms with Crippen molar-refractivity contribution in [2.45, 2.75) is 24.8 Å². The SMILES string of the molecule is O=C(Nc1c(Cl)cc(F)cc1Br)NC1(C(=O)O)CCC1. The van der Waals surface area contributed by atoms with Crippen molar-refractivity contribution in [1.29, 1.82) is 0 Å². The van der Waals surface area contributed by atoms with Crippen LogP contribution >= 0.6 is 27.5 Å². The lowest BCUT2D eigenvalue weighted by atomic mass is 9.77. The van der Waals surface area contributed by atoms with E-state index in [1.54, 1.807) is 0 Å². The Bertz CT molecular complexity index is 555. The molecular formula is C12H11BrClFN2O3. The highest BCUT2D eigenvalue weighted by molar-refractivity contribution is 9.10. The maximum absolute atomic E-state index is 13.1. The van der Waals surface area contributed by atoms with Gasteiger partial charge in [0.05, 0.1) is 10.7 Å². The van der Waals surface area contributed by atoms with E-state index >= 15 is 0 Å². The molecule has 1 aliphatic carbocycles. The van der Waals surface area contributed by atoms with Crippen LogP contribution in [-0.2, 0) is 4.79 Å². The summed E-state index contributed by atoms with van der Waals surface area (Å²) >= 11 is 8.91. The zero-order valence-corrected chi connectivity index (χ0v) is 12.5. The van der Waals surface area contributed by atoms with Gasteiger partial charge in [0.25, 0.3) is 0 Å². The number of hydrogen-bond acceptors (Lipinski definition) is 2. The Morgan fingerprint density at radius 2 is 2.05 bits per heavy atom. The van der Waals surface area contributed by atoms with Gasteiger partial charge in [0.15, 0.2) is 0 Å². The predicted molar refractivity (Wildman–Crippen MR) is 75.5 cm³/mol. The summed E-state index contributed by atoms with van der Waals surface area (Å²) in [6.45, 7) is 0. The monoisotopic (exact) mass is 364 g/mol. The summed E-state index contributed by atoms with van der Waals surface area (Å²) in [7, 11) is 0. The minimum atomic E-state index is -1.22. The van der Waals surface area contributed by atoms with E-state index in [1.165, 1.54) is 0 Å². The molecule has 8 heteroatoms. The maximum atomic E-state index is 13.1. The molecule has 3 N–H and O–H groups in total. The summed E-state index contributed by atoms with van der Waals surface area (Å²) in [6, 6.07) is 1.51. The molecule has 0 radical (unpaired) electrons. The van der Waals surface area contributed by atoms with E-state index in [1.807, 2.05) is 0 Å². The number of carbonyl (C=O) groups excluding carboxylic acids is 1. The summed E-state index contributed by atoms with van der Waals surface area (Å²) in [6.07, 6.45) is 1.51. The summed E-state index contributed by atoms with van der Waals surface area (Å²) in [5.41, 5.74) is -1.03. The van der Waals surface area contributed by atoms with Crippen LogP contribution in [0.25, 0.3) is 0 Å². The molecule has 1 aromatic rings. The van der Waals surface area contributed by atoms with Crippen LogP contribution in [0.5, 0.6) is 0 Å². The van der Waals surface area contributed by atoms with Crippen molar-refractivity contribution in [3.63, 3.8) is 0 Å². The highest BCUT2D eigenvalue weighted by Gasteiger charge is 2.45. The van der Waals surface area contributed by atoms with Crippen molar-refractivity contribution in [1.82, 2.24) is 5.32 Å². The molecule has 0 saturated heterocycles. The van der Waals surface area contributed by atoms with Crippen LogP contribution in [0, 0.1) is 5.82 Å². The standard InChI is InChI=1S/C12H11BrClFN2O3/c13-7-4-6(15)5-8(14)9(7)16-11(20)17-12(10(18)19)2-1-3-12/h4-5H,1-3H2,(H,18,19)(H2,16,17,20). The summed E-state index contributed by atoms with van der Waals surface area (Å²) in [5, 5.41) is 14.0. The minimum absolute atomic E-state index is 0.0185. The van der Waals surface area contributed by atoms with Crippen LogP contribution in [0.15, 0.2) is 16.6 Å². The average molecular weight is 366 g/mol. The first kappa shape index (κ1) is 15.1. The summed E-state index contributed by atoms with van der Waals surface area (Å²) in [4.78, 5) is 23.0. The number of amides is 2. The van der Waals surface area contributed by atoms with Crippen molar-refractivity contribution in [2.75, 3.05) is 5.32 Å². The number of benzene rings is 1. The van der Waals surface area contributed by atoms with Gasteiger partial charge in [-0.15, -0.1) is 0 Å². The third kappa shape index (κ3) is 2.88. The van der Waals surface area contributed by atoms with Crippen molar-refractivity contribution in [2.24, 2.45) is 0 Å². The van der Waals surface area contributed by atoms with Gasteiger partial charge < -0.3 is 15.7 Å². The van der Waals surface area contributed by atoms with Gasteiger partial charge in [-0.05, 0) is 47.3 Å². The number of urea groups is 1.